The van der Waals surface area contributed by atoms with Crippen molar-refractivity contribution < 1.29 is 4.74 Å². The van der Waals surface area contributed by atoms with Crippen molar-refractivity contribution in [1.29, 1.82) is 0 Å². The molecule has 1 rings (SSSR count). The van der Waals surface area contributed by atoms with Crippen LogP contribution in [0.15, 0.2) is 12.4 Å². The van der Waals surface area contributed by atoms with E-state index in [1.54, 1.807) is 12.4 Å². The van der Waals surface area contributed by atoms with E-state index < -0.39 is 0 Å². The molecule has 0 fully saturated rings. The molecule has 0 aliphatic carbocycles. The lowest BCUT2D eigenvalue weighted by atomic mass is 10.1. The van der Waals surface area contributed by atoms with Gasteiger partial charge in [-0.1, -0.05) is 20.8 Å². The maximum Gasteiger partial charge on any atom is 0.232 e. The van der Waals surface area contributed by atoms with Gasteiger partial charge in [-0.3, -0.25) is 4.98 Å². The SMILES string of the molecule is CCCNCc1cncc(OCCC(C)C)n1. The summed E-state index contributed by atoms with van der Waals surface area (Å²) in [7, 11) is 0. The Bertz CT molecular complexity index is 315. The molecule has 0 aliphatic rings. The largest absolute Gasteiger partial charge is 0.477 e. The molecular formula is C13H23N3O. The molecule has 0 aromatic carbocycles. The molecule has 0 aliphatic heterocycles. The number of ether oxygens (including phenoxy) is 1. The fourth-order valence-corrected chi connectivity index (χ4v) is 1.33. The Morgan fingerprint density at radius 1 is 1.35 bits per heavy atom. The zero-order valence-electron chi connectivity index (χ0n) is 11.1. The number of hydrogen-bond donors (Lipinski definition) is 1. The molecule has 0 atom stereocenters. The maximum atomic E-state index is 5.56. The minimum atomic E-state index is 0.626. The third-order valence-electron chi connectivity index (χ3n) is 2.34. The fraction of sp³-hybridized carbons (Fsp3) is 0.692. The topological polar surface area (TPSA) is 47.0 Å². The highest BCUT2D eigenvalue weighted by Crippen LogP contribution is 2.07. The van der Waals surface area contributed by atoms with Gasteiger partial charge in [0, 0.05) is 12.7 Å². The summed E-state index contributed by atoms with van der Waals surface area (Å²) in [6, 6.07) is 0. The number of hydrogen-bond acceptors (Lipinski definition) is 4. The summed E-state index contributed by atoms with van der Waals surface area (Å²) in [6.07, 6.45) is 5.61. The van der Waals surface area contributed by atoms with E-state index in [1.165, 1.54) is 0 Å². The van der Waals surface area contributed by atoms with Gasteiger partial charge in [0.15, 0.2) is 0 Å². The number of nitrogens with one attached hydrogen (secondary N) is 1. The third kappa shape index (κ3) is 6.22. The van der Waals surface area contributed by atoms with Gasteiger partial charge in [-0.2, -0.15) is 0 Å². The molecule has 0 spiro atoms. The molecule has 96 valence electrons. The lowest BCUT2D eigenvalue weighted by Crippen LogP contribution is -2.15. The van der Waals surface area contributed by atoms with Gasteiger partial charge in [0.25, 0.3) is 0 Å². The van der Waals surface area contributed by atoms with E-state index >= 15 is 0 Å². The second kappa shape index (κ2) is 8.01. The third-order valence-corrected chi connectivity index (χ3v) is 2.34. The van der Waals surface area contributed by atoms with E-state index in [1.807, 2.05) is 0 Å². The average molecular weight is 237 g/mol. The van der Waals surface area contributed by atoms with Crippen molar-refractivity contribution in [3.05, 3.63) is 18.1 Å². The van der Waals surface area contributed by atoms with Gasteiger partial charge in [0.2, 0.25) is 5.88 Å². The maximum absolute atomic E-state index is 5.56. The normalized spacial score (nSPS) is 10.8. The Morgan fingerprint density at radius 3 is 2.88 bits per heavy atom. The lowest BCUT2D eigenvalue weighted by Gasteiger charge is -2.08. The number of nitrogens with zero attached hydrogens (tertiary/aromatic N) is 2. The van der Waals surface area contributed by atoms with Crippen LogP contribution in [0.4, 0.5) is 0 Å². The zero-order valence-corrected chi connectivity index (χ0v) is 11.1. The average Bonchev–Trinajstić information content (AvgIpc) is 2.29. The second-order valence-corrected chi connectivity index (χ2v) is 4.56. The van der Waals surface area contributed by atoms with Crippen molar-refractivity contribution in [2.75, 3.05) is 13.2 Å². The number of aromatic nitrogens is 2. The smallest absolute Gasteiger partial charge is 0.232 e. The highest BCUT2D eigenvalue weighted by Gasteiger charge is 2.00. The van der Waals surface area contributed by atoms with E-state index in [9.17, 15) is 0 Å². The van der Waals surface area contributed by atoms with E-state index in [4.69, 9.17) is 4.74 Å². The van der Waals surface area contributed by atoms with Crippen LogP contribution in [0.5, 0.6) is 5.88 Å². The van der Waals surface area contributed by atoms with Gasteiger partial charge < -0.3 is 10.1 Å². The molecule has 0 radical (unpaired) electrons. The summed E-state index contributed by atoms with van der Waals surface area (Å²) >= 11 is 0. The minimum Gasteiger partial charge on any atom is -0.477 e. The van der Waals surface area contributed by atoms with Crippen LogP contribution in [0, 0.1) is 5.92 Å². The van der Waals surface area contributed by atoms with E-state index in [0.717, 1.165) is 31.6 Å². The lowest BCUT2D eigenvalue weighted by molar-refractivity contribution is 0.277. The molecular weight excluding hydrogens is 214 g/mol. The Kier molecular flexibility index (Phi) is 6.55. The van der Waals surface area contributed by atoms with E-state index in [2.05, 4.69) is 36.1 Å². The molecule has 0 bridgehead atoms. The van der Waals surface area contributed by atoms with Gasteiger partial charge in [-0.15, -0.1) is 0 Å². The van der Waals surface area contributed by atoms with Gasteiger partial charge in [0.1, 0.15) is 0 Å². The molecule has 0 unspecified atom stereocenters. The van der Waals surface area contributed by atoms with Crippen molar-refractivity contribution in [3.63, 3.8) is 0 Å². The van der Waals surface area contributed by atoms with Crippen molar-refractivity contribution >= 4 is 0 Å². The molecule has 17 heavy (non-hydrogen) atoms. The molecule has 4 heteroatoms. The molecule has 1 aromatic heterocycles. The van der Waals surface area contributed by atoms with Crippen molar-refractivity contribution in [2.24, 2.45) is 5.92 Å². The van der Waals surface area contributed by atoms with Gasteiger partial charge in [0.05, 0.1) is 18.5 Å². The standard InChI is InChI=1S/C13H23N3O/c1-4-6-14-8-12-9-15-10-13(16-12)17-7-5-11(2)3/h9-11,14H,4-8H2,1-3H3. The van der Waals surface area contributed by atoms with Crippen LogP contribution in [-0.2, 0) is 6.54 Å². The molecule has 0 amide bonds. The molecule has 1 heterocycles. The first kappa shape index (κ1) is 13.9. The Balaban J connectivity index is 2.37. The summed E-state index contributed by atoms with van der Waals surface area (Å²) in [4.78, 5) is 8.53. The summed E-state index contributed by atoms with van der Waals surface area (Å²) < 4.78 is 5.56. The Hall–Kier alpha value is -1.16. The number of rotatable bonds is 8. The predicted octanol–water partition coefficient (Wildman–Crippen LogP) is 2.40. The highest BCUT2D eigenvalue weighted by molar-refractivity contribution is 5.08. The van der Waals surface area contributed by atoms with E-state index in [-0.39, 0.29) is 0 Å². The minimum absolute atomic E-state index is 0.626. The molecule has 1 aromatic rings. The summed E-state index contributed by atoms with van der Waals surface area (Å²) in [6.45, 7) is 8.96. The first-order chi connectivity index (χ1) is 8.22. The zero-order chi connectivity index (χ0) is 12.5. The monoisotopic (exact) mass is 237 g/mol. The van der Waals surface area contributed by atoms with Gasteiger partial charge >= 0.3 is 0 Å². The van der Waals surface area contributed by atoms with Crippen LogP contribution >= 0.6 is 0 Å². The van der Waals surface area contributed by atoms with Crippen LogP contribution in [0.1, 0.15) is 39.3 Å². The molecule has 1 N–H and O–H groups in total. The first-order valence-corrected chi connectivity index (χ1v) is 6.36. The molecule has 0 saturated heterocycles. The van der Waals surface area contributed by atoms with Crippen molar-refractivity contribution in [2.45, 2.75) is 40.2 Å². The summed E-state index contributed by atoms with van der Waals surface area (Å²) in [5, 5.41) is 3.29. The fourth-order valence-electron chi connectivity index (χ4n) is 1.33. The van der Waals surface area contributed by atoms with E-state index in [0.29, 0.717) is 18.4 Å². The second-order valence-electron chi connectivity index (χ2n) is 4.56. The molecule has 4 nitrogen and oxygen atoms in total. The Labute approximate surface area is 104 Å². The summed E-state index contributed by atoms with van der Waals surface area (Å²) in [5.41, 5.74) is 0.931. The highest BCUT2D eigenvalue weighted by atomic mass is 16.5. The summed E-state index contributed by atoms with van der Waals surface area (Å²) in [5.74, 6) is 1.28. The predicted molar refractivity (Wildman–Crippen MR) is 69.0 cm³/mol. The van der Waals surface area contributed by atoms with Crippen molar-refractivity contribution in [1.82, 2.24) is 15.3 Å². The van der Waals surface area contributed by atoms with Crippen LogP contribution in [0.3, 0.4) is 0 Å². The van der Waals surface area contributed by atoms with Crippen LogP contribution in [0.25, 0.3) is 0 Å². The van der Waals surface area contributed by atoms with Crippen LogP contribution in [0.2, 0.25) is 0 Å². The van der Waals surface area contributed by atoms with Crippen molar-refractivity contribution in [3.8, 4) is 5.88 Å². The van der Waals surface area contributed by atoms with Crippen LogP contribution in [-0.4, -0.2) is 23.1 Å². The quantitative estimate of drug-likeness (QED) is 0.705. The van der Waals surface area contributed by atoms with Crippen LogP contribution < -0.4 is 10.1 Å². The van der Waals surface area contributed by atoms with Gasteiger partial charge in [-0.05, 0) is 25.3 Å². The Morgan fingerprint density at radius 2 is 2.18 bits per heavy atom. The molecule has 0 saturated carbocycles. The first-order valence-electron chi connectivity index (χ1n) is 6.36. The van der Waals surface area contributed by atoms with Gasteiger partial charge in [-0.25, -0.2) is 4.98 Å².